The number of hydrogen-bond donors (Lipinski definition) is 1. The van der Waals surface area contributed by atoms with E-state index in [0.717, 1.165) is 19.1 Å². The highest BCUT2D eigenvalue weighted by Gasteiger charge is 2.25. The Morgan fingerprint density at radius 2 is 1.94 bits per heavy atom. The average Bonchev–Trinajstić information content (AvgIpc) is 2.76. The van der Waals surface area contributed by atoms with Gasteiger partial charge in [0, 0.05) is 31.4 Å². The molecule has 0 unspecified atom stereocenters. The zero-order valence-corrected chi connectivity index (χ0v) is 9.78. The summed E-state index contributed by atoms with van der Waals surface area (Å²) in [5.41, 5.74) is 2.94. The Labute approximate surface area is 97.6 Å². The van der Waals surface area contributed by atoms with E-state index in [0.29, 0.717) is 0 Å². The highest BCUT2D eigenvalue weighted by Crippen LogP contribution is 2.31. The molecule has 0 atom stereocenters. The van der Waals surface area contributed by atoms with Crippen molar-refractivity contribution >= 4 is 5.69 Å². The van der Waals surface area contributed by atoms with Gasteiger partial charge in [0.15, 0.2) is 0 Å². The van der Waals surface area contributed by atoms with Crippen molar-refractivity contribution in [3.8, 4) is 0 Å². The lowest BCUT2D eigenvalue weighted by Crippen LogP contribution is -2.36. The number of para-hydroxylation sites is 1. The third-order valence-electron chi connectivity index (χ3n) is 3.91. The molecule has 1 aliphatic carbocycles. The molecule has 1 heterocycles. The lowest BCUT2D eigenvalue weighted by atomic mass is 10.1. The summed E-state index contributed by atoms with van der Waals surface area (Å²) in [6, 6.07) is 9.67. The summed E-state index contributed by atoms with van der Waals surface area (Å²) in [5.74, 6) is 0. The average molecular weight is 216 g/mol. The van der Waals surface area contributed by atoms with Gasteiger partial charge in [-0.25, -0.2) is 0 Å². The maximum atomic E-state index is 3.52. The second-order valence-corrected chi connectivity index (χ2v) is 4.94. The van der Waals surface area contributed by atoms with Gasteiger partial charge in [-0.2, -0.15) is 0 Å². The number of hydrogen-bond acceptors (Lipinski definition) is 2. The number of anilines is 1. The van der Waals surface area contributed by atoms with E-state index in [1.165, 1.54) is 43.5 Å². The van der Waals surface area contributed by atoms with E-state index >= 15 is 0 Å². The third kappa shape index (κ3) is 1.82. The van der Waals surface area contributed by atoms with E-state index in [-0.39, 0.29) is 0 Å². The maximum absolute atomic E-state index is 3.52. The van der Waals surface area contributed by atoms with Crippen LogP contribution >= 0.6 is 0 Å². The van der Waals surface area contributed by atoms with Crippen molar-refractivity contribution in [2.24, 2.45) is 0 Å². The largest absolute Gasteiger partial charge is 0.367 e. The molecule has 3 rings (SSSR count). The molecule has 0 saturated heterocycles. The fourth-order valence-corrected chi connectivity index (χ4v) is 3.08. The van der Waals surface area contributed by atoms with E-state index < -0.39 is 0 Å². The Bertz CT molecular complexity index is 356. The highest BCUT2D eigenvalue weighted by molar-refractivity contribution is 5.55. The standard InChI is InChI=1S/C14H20N2/c1-4-8-14-12(5-1)11-15-9-10-16(14)13-6-2-3-7-13/h1,4-5,8,13,15H,2-3,6-7,9-11H2. The van der Waals surface area contributed by atoms with Gasteiger partial charge in [0.05, 0.1) is 0 Å². The number of rotatable bonds is 1. The molecule has 0 aromatic heterocycles. The SMILES string of the molecule is c1ccc2c(c1)CNCCN2C1CCCC1. The lowest BCUT2D eigenvalue weighted by Gasteiger charge is -2.31. The molecule has 2 aliphatic rings. The van der Waals surface area contributed by atoms with E-state index in [9.17, 15) is 0 Å². The Hall–Kier alpha value is -1.02. The van der Waals surface area contributed by atoms with Crippen molar-refractivity contribution in [1.82, 2.24) is 5.32 Å². The van der Waals surface area contributed by atoms with Gasteiger partial charge in [-0.1, -0.05) is 31.0 Å². The summed E-state index contributed by atoms with van der Waals surface area (Å²) in [5, 5.41) is 3.52. The highest BCUT2D eigenvalue weighted by atomic mass is 15.2. The van der Waals surface area contributed by atoms with Crippen LogP contribution < -0.4 is 10.2 Å². The van der Waals surface area contributed by atoms with Crippen LogP contribution in [0.4, 0.5) is 5.69 Å². The van der Waals surface area contributed by atoms with Crippen LogP contribution in [0.2, 0.25) is 0 Å². The molecule has 0 radical (unpaired) electrons. The second-order valence-electron chi connectivity index (χ2n) is 4.94. The summed E-state index contributed by atoms with van der Waals surface area (Å²) in [6.45, 7) is 3.31. The van der Waals surface area contributed by atoms with Crippen LogP contribution in [-0.4, -0.2) is 19.1 Å². The van der Waals surface area contributed by atoms with E-state index in [1.807, 2.05) is 0 Å². The smallest absolute Gasteiger partial charge is 0.0414 e. The molecule has 1 saturated carbocycles. The summed E-state index contributed by atoms with van der Waals surface area (Å²) in [7, 11) is 0. The van der Waals surface area contributed by atoms with E-state index in [4.69, 9.17) is 0 Å². The first kappa shape index (κ1) is 10.2. The normalized spacial score (nSPS) is 21.9. The zero-order valence-electron chi connectivity index (χ0n) is 9.78. The Balaban J connectivity index is 1.92. The summed E-state index contributed by atoms with van der Waals surface area (Å²) in [6.07, 6.45) is 5.59. The van der Waals surface area contributed by atoms with Crippen molar-refractivity contribution in [3.63, 3.8) is 0 Å². The molecule has 1 aromatic carbocycles. The van der Waals surface area contributed by atoms with Crippen molar-refractivity contribution in [2.45, 2.75) is 38.3 Å². The van der Waals surface area contributed by atoms with Gasteiger partial charge >= 0.3 is 0 Å². The molecule has 0 amide bonds. The molecule has 2 heteroatoms. The van der Waals surface area contributed by atoms with Crippen LogP contribution in [0.5, 0.6) is 0 Å². The van der Waals surface area contributed by atoms with Crippen LogP contribution in [0, 0.1) is 0 Å². The van der Waals surface area contributed by atoms with Crippen LogP contribution in [-0.2, 0) is 6.54 Å². The van der Waals surface area contributed by atoms with Crippen LogP contribution in [0.1, 0.15) is 31.2 Å². The van der Waals surface area contributed by atoms with Crippen LogP contribution in [0.25, 0.3) is 0 Å². The first-order valence-corrected chi connectivity index (χ1v) is 6.50. The Morgan fingerprint density at radius 1 is 1.12 bits per heavy atom. The summed E-state index contributed by atoms with van der Waals surface area (Å²) < 4.78 is 0. The number of benzene rings is 1. The number of nitrogens with zero attached hydrogens (tertiary/aromatic N) is 1. The fraction of sp³-hybridized carbons (Fsp3) is 0.571. The molecule has 1 aliphatic heterocycles. The molecule has 0 spiro atoms. The quantitative estimate of drug-likeness (QED) is 0.776. The molecule has 0 bridgehead atoms. The molecule has 16 heavy (non-hydrogen) atoms. The van der Waals surface area contributed by atoms with E-state index in [2.05, 4.69) is 34.5 Å². The first-order chi connectivity index (χ1) is 7.95. The minimum Gasteiger partial charge on any atom is -0.367 e. The zero-order chi connectivity index (χ0) is 10.8. The van der Waals surface area contributed by atoms with Gasteiger partial charge in [0.25, 0.3) is 0 Å². The summed E-state index contributed by atoms with van der Waals surface area (Å²) in [4.78, 5) is 2.64. The summed E-state index contributed by atoms with van der Waals surface area (Å²) >= 11 is 0. The van der Waals surface area contributed by atoms with Crippen LogP contribution in [0.15, 0.2) is 24.3 Å². The van der Waals surface area contributed by atoms with Crippen LogP contribution in [0.3, 0.4) is 0 Å². The minimum absolute atomic E-state index is 0.793. The van der Waals surface area contributed by atoms with Crippen molar-refractivity contribution in [3.05, 3.63) is 29.8 Å². The lowest BCUT2D eigenvalue weighted by molar-refractivity contribution is 0.594. The molecular formula is C14H20N2. The van der Waals surface area contributed by atoms with Gasteiger partial charge < -0.3 is 10.2 Å². The van der Waals surface area contributed by atoms with E-state index in [1.54, 1.807) is 0 Å². The molecular weight excluding hydrogens is 196 g/mol. The molecule has 1 aromatic rings. The van der Waals surface area contributed by atoms with Gasteiger partial charge in [-0.05, 0) is 24.5 Å². The van der Waals surface area contributed by atoms with Gasteiger partial charge in [0.1, 0.15) is 0 Å². The third-order valence-corrected chi connectivity index (χ3v) is 3.91. The van der Waals surface area contributed by atoms with Crippen molar-refractivity contribution in [1.29, 1.82) is 0 Å². The van der Waals surface area contributed by atoms with Crippen molar-refractivity contribution in [2.75, 3.05) is 18.0 Å². The Kier molecular flexibility index (Phi) is 2.83. The molecule has 2 nitrogen and oxygen atoms in total. The monoisotopic (exact) mass is 216 g/mol. The maximum Gasteiger partial charge on any atom is 0.0414 e. The predicted octanol–water partition coefficient (Wildman–Crippen LogP) is 2.54. The minimum atomic E-state index is 0.793. The Morgan fingerprint density at radius 3 is 2.81 bits per heavy atom. The van der Waals surface area contributed by atoms with Gasteiger partial charge in [-0.15, -0.1) is 0 Å². The fourth-order valence-electron chi connectivity index (χ4n) is 3.08. The van der Waals surface area contributed by atoms with Gasteiger partial charge in [-0.3, -0.25) is 0 Å². The molecule has 86 valence electrons. The molecule has 1 fully saturated rings. The van der Waals surface area contributed by atoms with Gasteiger partial charge in [0.2, 0.25) is 0 Å². The molecule has 1 N–H and O–H groups in total. The van der Waals surface area contributed by atoms with Crippen molar-refractivity contribution < 1.29 is 0 Å². The predicted molar refractivity (Wildman–Crippen MR) is 67.8 cm³/mol. The number of fused-ring (bicyclic) bond motifs is 1. The second kappa shape index (κ2) is 4.46. The number of nitrogens with one attached hydrogen (secondary N) is 1. The first-order valence-electron chi connectivity index (χ1n) is 6.50. The topological polar surface area (TPSA) is 15.3 Å².